The number of ether oxygens (including phenoxy) is 2. The zero-order valence-corrected chi connectivity index (χ0v) is 15.5. The third-order valence-corrected chi connectivity index (χ3v) is 6.36. The fourth-order valence-corrected chi connectivity index (χ4v) is 4.67. The molecule has 2 aliphatic heterocycles. The molecule has 6 heteroatoms. The van der Waals surface area contributed by atoms with Crippen LogP contribution in [0.5, 0.6) is 11.5 Å². The Bertz CT molecular complexity index is 862. The Morgan fingerprint density at radius 1 is 1.04 bits per heavy atom. The first-order valence-corrected chi connectivity index (χ1v) is 10.7. The molecule has 0 atom stereocenters. The van der Waals surface area contributed by atoms with Gasteiger partial charge in [-0.05, 0) is 24.5 Å². The Morgan fingerprint density at radius 2 is 1.85 bits per heavy atom. The summed E-state index contributed by atoms with van der Waals surface area (Å²) in [4.78, 5) is 0. The first-order valence-electron chi connectivity index (χ1n) is 9.07. The summed E-state index contributed by atoms with van der Waals surface area (Å²) in [5, 5.41) is 0. The summed E-state index contributed by atoms with van der Waals surface area (Å²) < 4.78 is 39.0. The van der Waals surface area contributed by atoms with Gasteiger partial charge in [-0.3, -0.25) is 0 Å². The molecule has 26 heavy (non-hydrogen) atoms. The number of fused-ring (bicyclic) bond motifs is 2. The molecule has 0 aromatic heterocycles. The van der Waals surface area contributed by atoms with Gasteiger partial charge in [0.1, 0.15) is 11.5 Å². The molecule has 1 N–H and O–H groups in total. The van der Waals surface area contributed by atoms with Crippen LogP contribution in [-0.2, 0) is 35.8 Å². The van der Waals surface area contributed by atoms with Crippen molar-refractivity contribution in [1.29, 1.82) is 0 Å². The molecule has 0 bridgehead atoms. The van der Waals surface area contributed by atoms with Gasteiger partial charge in [0.2, 0.25) is 10.0 Å². The molecular weight excluding hydrogens is 350 g/mol. The zero-order chi connectivity index (χ0) is 18.0. The van der Waals surface area contributed by atoms with E-state index in [9.17, 15) is 8.42 Å². The number of aryl methyl sites for hydroxylation is 1. The molecule has 0 aliphatic carbocycles. The zero-order valence-electron chi connectivity index (χ0n) is 14.7. The minimum absolute atomic E-state index is 0.121. The highest BCUT2D eigenvalue weighted by Crippen LogP contribution is 2.40. The van der Waals surface area contributed by atoms with Crippen LogP contribution in [-0.4, -0.2) is 27.4 Å². The Labute approximate surface area is 154 Å². The number of rotatable bonds is 7. The summed E-state index contributed by atoms with van der Waals surface area (Å²) in [5.41, 5.74) is 4.30. The minimum atomic E-state index is -3.33. The summed E-state index contributed by atoms with van der Waals surface area (Å²) in [5.74, 6) is 1.85. The van der Waals surface area contributed by atoms with Gasteiger partial charge in [0.25, 0.3) is 0 Å². The average Bonchev–Trinajstić information content (AvgIpc) is 3.28. The van der Waals surface area contributed by atoms with Crippen LogP contribution in [0.4, 0.5) is 0 Å². The fourth-order valence-electron chi connectivity index (χ4n) is 3.64. The second-order valence-corrected chi connectivity index (χ2v) is 8.67. The van der Waals surface area contributed by atoms with E-state index in [-0.39, 0.29) is 12.3 Å². The van der Waals surface area contributed by atoms with Gasteiger partial charge in [0.15, 0.2) is 0 Å². The maximum absolute atomic E-state index is 12.4. The van der Waals surface area contributed by atoms with Crippen molar-refractivity contribution in [3.05, 3.63) is 58.7 Å². The van der Waals surface area contributed by atoms with E-state index in [0.29, 0.717) is 19.6 Å². The number of sulfonamides is 1. The smallest absolute Gasteiger partial charge is 0.211 e. The molecule has 0 radical (unpaired) electrons. The largest absolute Gasteiger partial charge is 0.493 e. The van der Waals surface area contributed by atoms with Crippen molar-refractivity contribution in [2.45, 2.75) is 32.2 Å². The Balaban J connectivity index is 1.41. The monoisotopic (exact) mass is 373 g/mol. The number of hydrogen-bond donors (Lipinski definition) is 1. The van der Waals surface area contributed by atoms with Crippen LogP contribution in [0.25, 0.3) is 0 Å². The number of nitrogens with one attached hydrogen (secondary N) is 1. The lowest BCUT2D eigenvalue weighted by Crippen LogP contribution is -2.26. The number of hydrogen-bond acceptors (Lipinski definition) is 4. The molecule has 138 valence electrons. The average molecular weight is 373 g/mol. The Morgan fingerprint density at radius 3 is 2.69 bits per heavy atom. The van der Waals surface area contributed by atoms with Gasteiger partial charge in [0.05, 0.1) is 19.0 Å². The summed E-state index contributed by atoms with van der Waals surface area (Å²) in [7, 11) is -3.33. The third kappa shape index (κ3) is 3.71. The van der Waals surface area contributed by atoms with Crippen molar-refractivity contribution in [3.8, 4) is 11.5 Å². The van der Waals surface area contributed by atoms with Crippen molar-refractivity contribution in [3.63, 3.8) is 0 Å². The quantitative estimate of drug-likeness (QED) is 0.810. The lowest BCUT2D eigenvalue weighted by Gasteiger charge is -2.14. The summed E-state index contributed by atoms with van der Waals surface area (Å²) >= 11 is 0. The molecule has 0 saturated carbocycles. The predicted molar refractivity (Wildman–Crippen MR) is 100 cm³/mol. The highest BCUT2D eigenvalue weighted by Gasteiger charge is 2.27. The summed E-state index contributed by atoms with van der Waals surface area (Å²) in [6.45, 7) is 1.56. The van der Waals surface area contributed by atoms with Gasteiger partial charge in [-0.2, -0.15) is 0 Å². The van der Waals surface area contributed by atoms with Gasteiger partial charge < -0.3 is 9.47 Å². The van der Waals surface area contributed by atoms with E-state index < -0.39 is 10.0 Å². The van der Waals surface area contributed by atoms with Crippen molar-refractivity contribution in [2.75, 3.05) is 19.0 Å². The summed E-state index contributed by atoms with van der Waals surface area (Å²) in [6, 6.07) is 12.0. The molecule has 2 aromatic carbocycles. The van der Waals surface area contributed by atoms with E-state index in [2.05, 4.69) is 4.72 Å². The lowest BCUT2D eigenvalue weighted by molar-refractivity contribution is 0.352. The van der Waals surface area contributed by atoms with Crippen molar-refractivity contribution >= 4 is 10.0 Å². The standard InChI is InChI=1S/C20H23NO4S/c22-26(23,12-4-7-15-5-2-1-3-6-15)21-14-18-17-9-11-24-19(17)13-16-8-10-25-20(16)18/h1-3,5-6,13,21H,4,7-12,14H2. The first kappa shape index (κ1) is 17.4. The van der Waals surface area contributed by atoms with E-state index in [1.165, 1.54) is 0 Å². The third-order valence-electron chi connectivity index (χ3n) is 4.95. The van der Waals surface area contributed by atoms with E-state index in [1.54, 1.807) is 0 Å². The molecule has 0 amide bonds. The molecule has 0 fully saturated rings. The first-order chi connectivity index (χ1) is 12.6. The normalized spacial score (nSPS) is 15.2. The van der Waals surface area contributed by atoms with Crippen LogP contribution < -0.4 is 14.2 Å². The molecule has 2 heterocycles. The predicted octanol–water partition coefficient (Wildman–Crippen LogP) is 2.61. The van der Waals surface area contributed by atoms with Crippen LogP contribution >= 0.6 is 0 Å². The van der Waals surface area contributed by atoms with Gasteiger partial charge in [-0.25, -0.2) is 13.1 Å². The van der Waals surface area contributed by atoms with Crippen molar-refractivity contribution in [1.82, 2.24) is 4.72 Å². The molecule has 2 aliphatic rings. The SMILES string of the molecule is O=S(=O)(CCCc1ccccc1)NCc1c2c(cc3c1OCC3)OCC2. The summed E-state index contributed by atoms with van der Waals surface area (Å²) in [6.07, 6.45) is 3.01. The lowest BCUT2D eigenvalue weighted by atomic mass is 10.00. The van der Waals surface area contributed by atoms with E-state index in [1.807, 2.05) is 36.4 Å². The minimum Gasteiger partial charge on any atom is -0.493 e. The van der Waals surface area contributed by atoms with Crippen molar-refractivity contribution in [2.24, 2.45) is 0 Å². The number of benzene rings is 2. The second-order valence-electron chi connectivity index (χ2n) is 6.75. The molecule has 0 unspecified atom stereocenters. The molecular formula is C20H23NO4S. The molecule has 0 saturated heterocycles. The molecule has 2 aromatic rings. The van der Waals surface area contributed by atoms with Crippen LogP contribution in [0.2, 0.25) is 0 Å². The molecule has 5 nitrogen and oxygen atoms in total. The van der Waals surface area contributed by atoms with Crippen LogP contribution in [0.1, 0.15) is 28.7 Å². The molecule has 4 rings (SSSR count). The second kappa shape index (κ2) is 7.29. The van der Waals surface area contributed by atoms with E-state index in [0.717, 1.165) is 53.0 Å². The maximum atomic E-state index is 12.4. The van der Waals surface area contributed by atoms with E-state index in [4.69, 9.17) is 9.47 Å². The maximum Gasteiger partial charge on any atom is 0.211 e. The van der Waals surface area contributed by atoms with Crippen LogP contribution in [0, 0.1) is 0 Å². The van der Waals surface area contributed by atoms with Gasteiger partial charge in [-0.1, -0.05) is 30.3 Å². The van der Waals surface area contributed by atoms with Gasteiger partial charge in [-0.15, -0.1) is 0 Å². The van der Waals surface area contributed by atoms with Crippen LogP contribution in [0.3, 0.4) is 0 Å². The Hall–Kier alpha value is -2.05. The highest BCUT2D eigenvalue weighted by atomic mass is 32.2. The highest BCUT2D eigenvalue weighted by molar-refractivity contribution is 7.89. The van der Waals surface area contributed by atoms with Gasteiger partial charge >= 0.3 is 0 Å². The van der Waals surface area contributed by atoms with Gasteiger partial charge in [0, 0.05) is 36.1 Å². The fraction of sp³-hybridized carbons (Fsp3) is 0.400. The Kier molecular flexibility index (Phi) is 4.87. The van der Waals surface area contributed by atoms with E-state index >= 15 is 0 Å². The van der Waals surface area contributed by atoms with Crippen LogP contribution in [0.15, 0.2) is 36.4 Å². The topological polar surface area (TPSA) is 64.6 Å². The molecule has 0 spiro atoms. The van der Waals surface area contributed by atoms with Crippen molar-refractivity contribution < 1.29 is 17.9 Å².